The van der Waals surface area contributed by atoms with E-state index in [1.807, 2.05) is 24.3 Å². The number of hydrogen-bond acceptors (Lipinski definition) is 6. The molecule has 2 aromatic carbocycles. The molecule has 0 radical (unpaired) electrons. The lowest BCUT2D eigenvalue weighted by Crippen LogP contribution is -2.49. The van der Waals surface area contributed by atoms with Gasteiger partial charge >= 0.3 is 0 Å². The third-order valence-corrected chi connectivity index (χ3v) is 14.0. The van der Waals surface area contributed by atoms with Gasteiger partial charge in [0.25, 0.3) is 0 Å². The molecular weight excluding hydrogens is 544 g/mol. The summed E-state index contributed by atoms with van der Waals surface area (Å²) in [5, 5.41) is 0.283. The van der Waals surface area contributed by atoms with E-state index in [0.29, 0.717) is 0 Å². The molecule has 1 aliphatic heterocycles. The lowest BCUT2D eigenvalue weighted by atomic mass is 9.65. The lowest BCUT2D eigenvalue weighted by molar-refractivity contribution is -0.123. The van der Waals surface area contributed by atoms with Crippen molar-refractivity contribution in [2.24, 2.45) is 0 Å². The quantitative estimate of drug-likeness (QED) is 0.102. The second-order valence-electron chi connectivity index (χ2n) is 13.4. The van der Waals surface area contributed by atoms with Crippen LogP contribution in [0.3, 0.4) is 0 Å². The molecule has 42 heavy (non-hydrogen) atoms. The minimum atomic E-state index is -1.63. The predicted molar refractivity (Wildman–Crippen MR) is 174 cm³/mol. The molecule has 0 aliphatic carbocycles. The van der Waals surface area contributed by atoms with Gasteiger partial charge in [-0.25, -0.2) is 0 Å². The number of methoxy groups -OCH3 is 3. The second kappa shape index (κ2) is 15.6. The van der Waals surface area contributed by atoms with E-state index < -0.39 is 14.6 Å². The van der Waals surface area contributed by atoms with Crippen LogP contribution in [-0.4, -0.2) is 49.3 Å². The van der Waals surface area contributed by atoms with Crippen molar-refractivity contribution in [3.05, 3.63) is 53.6 Å². The van der Waals surface area contributed by atoms with E-state index in [2.05, 4.69) is 59.0 Å². The monoisotopic (exact) mass is 600 g/mol. The molecule has 0 saturated heterocycles. The molecule has 0 aromatic heterocycles. The Kier molecular flexibility index (Phi) is 12.8. The van der Waals surface area contributed by atoms with Crippen LogP contribution in [-0.2, 0) is 19.3 Å². The standard InChI is InChI=1S/C35H56O6Si/c1-34(2,3)42(8,9)40-24-16-14-12-10-11-13-15-17-31-30-23-22-29(37-6)25-32(30)41-33(38-7)35(31,4)27-18-20-28(21-19-27)39-26-36-5/h18-23,25,31,33H,10-17,24,26H2,1-9H3. The van der Waals surface area contributed by atoms with Crippen LogP contribution in [0.15, 0.2) is 42.5 Å². The number of rotatable bonds is 17. The second-order valence-corrected chi connectivity index (χ2v) is 18.2. The first-order chi connectivity index (χ1) is 20.0. The summed E-state index contributed by atoms with van der Waals surface area (Å²) < 4.78 is 35.1. The molecule has 3 atom stereocenters. The van der Waals surface area contributed by atoms with Crippen LogP contribution in [0.2, 0.25) is 18.1 Å². The average Bonchev–Trinajstić information content (AvgIpc) is 2.96. The maximum absolute atomic E-state index is 6.49. The molecule has 7 heteroatoms. The number of hydrogen-bond donors (Lipinski definition) is 0. The normalized spacial score (nSPS) is 20.6. The molecule has 1 aliphatic rings. The van der Waals surface area contributed by atoms with Crippen molar-refractivity contribution in [1.29, 1.82) is 0 Å². The predicted octanol–water partition coefficient (Wildman–Crippen LogP) is 9.23. The molecule has 0 bridgehead atoms. The molecule has 0 fully saturated rings. The van der Waals surface area contributed by atoms with E-state index in [1.54, 1.807) is 21.3 Å². The zero-order chi connectivity index (χ0) is 30.8. The van der Waals surface area contributed by atoms with E-state index in [-0.39, 0.29) is 23.2 Å². The number of benzene rings is 2. The Morgan fingerprint density at radius 2 is 1.45 bits per heavy atom. The van der Waals surface area contributed by atoms with Crippen LogP contribution < -0.4 is 14.2 Å². The van der Waals surface area contributed by atoms with Crippen LogP contribution >= 0.6 is 0 Å². The number of fused-ring (bicyclic) bond motifs is 1. The Morgan fingerprint density at radius 1 is 0.833 bits per heavy atom. The topological polar surface area (TPSA) is 55.4 Å². The summed E-state index contributed by atoms with van der Waals surface area (Å²) in [6, 6.07) is 14.5. The third-order valence-electron chi connectivity index (χ3n) is 9.48. The maximum Gasteiger partial charge on any atom is 0.209 e. The summed E-state index contributed by atoms with van der Waals surface area (Å²) in [5.41, 5.74) is 2.01. The van der Waals surface area contributed by atoms with E-state index >= 15 is 0 Å². The van der Waals surface area contributed by atoms with Crippen molar-refractivity contribution in [2.45, 2.75) is 115 Å². The highest BCUT2D eigenvalue weighted by atomic mass is 28.4. The third kappa shape index (κ3) is 8.52. The van der Waals surface area contributed by atoms with Crippen LogP contribution in [0, 0.1) is 0 Å². The smallest absolute Gasteiger partial charge is 0.209 e. The highest BCUT2D eigenvalue weighted by Gasteiger charge is 2.49. The Bertz CT molecular complexity index is 1080. The van der Waals surface area contributed by atoms with Crippen molar-refractivity contribution in [1.82, 2.24) is 0 Å². The largest absolute Gasteiger partial charge is 0.497 e. The molecule has 6 nitrogen and oxygen atoms in total. The van der Waals surface area contributed by atoms with Gasteiger partial charge in [0.05, 0.1) is 12.5 Å². The lowest BCUT2D eigenvalue weighted by Gasteiger charge is -2.47. The van der Waals surface area contributed by atoms with Crippen molar-refractivity contribution in [3.63, 3.8) is 0 Å². The fourth-order valence-corrected chi connectivity index (χ4v) is 6.85. The van der Waals surface area contributed by atoms with Gasteiger partial charge in [-0.3, -0.25) is 0 Å². The highest BCUT2D eigenvalue weighted by molar-refractivity contribution is 6.74. The summed E-state index contributed by atoms with van der Waals surface area (Å²) >= 11 is 0. The summed E-state index contributed by atoms with van der Waals surface area (Å²) in [6.07, 6.45) is 9.25. The Hall–Kier alpha value is -2.06. The SMILES string of the molecule is COCOc1ccc(C2(C)C(OC)Oc3cc(OC)ccc3C2CCCCCCCCCO[Si](C)(C)C(C)(C)C)cc1. The minimum Gasteiger partial charge on any atom is -0.497 e. The zero-order valence-electron chi connectivity index (χ0n) is 27.7. The van der Waals surface area contributed by atoms with Crippen molar-refractivity contribution < 1.29 is 28.1 Å². The average molecular weight is 601 g/mol. The first kappa shape index (κ1) is 34.4. The van der Waals surface area contributed by atoms with Crippen LogP contribution in [0.25, 0.3) is 0 Å². The summed E-state index contributed by atoms with van der Waals surface area (Å²) in [7, 11) is 3.42. The Balaban J connectivity index is 1.61. The fourth-order valence-electron chi connectivity index (χ4n) is 5.76. The van der Waals surface area contributed by atoms with Gasteiger partial charge in [0.2, 0.25) is 6.29 Å². The Labute approximate surface area is 256 Å². The molecule has 0 spiro atoms. The van der Waals surface area contributed by atoms with Gasteiger partial charge in [0.15, 0.2) is 15.1 Å². The first-order valence-electron chi connectivity index (χ1n) is 15.7. The minimum absolute atomic E-state index is 0.225. The summed E-state index contributed by atoms with van der Waals surface area (Å²) in [6.45, 7) is 15.0. The molecule has 236 valence electrons. The van der Waals surface area contributed by atoms with Gasteiger partial charge < -0.3 is 28.1 Å². The molecule has 2 aromatic rings. The van der Waals surface area contributed by atoms with Crippen molar-refractivity contribution in [2.75, 3.05) is 34.7 Å². The van der Waals surface area contributed by atoms with Gasteiger partial charge in [-0.15, -0.1) is 0 Å². The first-order valence-corrected chi connectivity index (χ1v) is 18.6. The van der Waals surface area contributed by atoms with Crippen LogP contribution in [0.1, 0.15) is 96.1 Å². The molecular formula is C35H56O6Si. The summed E-state index contributed by atoms with van der Waals surface area (Å²) in [4.78, 5) is 0. The molecule has 0 N–H and O–H groups in total. The Morgan fingerprint density at radius 3 is 2.05 bits per heavy atom. The number of unbranched alkanes of at least 4 members (excludes halogenated alkanes) is 6. The van der Waals surface area contributed by atoms with Crippen molar-refractivity contribution >= 4 is 8.32 Å². The van der Waals surface area contributed by atoms with E-state index in [0.717, 1.165) is 36.7 Å². The molecule has 0 amide bonds. The highest BCUT2D eigenvalue weighted by Crippen LogP contribution is 2.53. The van der Waals surface area contributed by atoms with Gasteiger partial charge in [-0.2, -0.15) is 0 Å². The van der Waals surface area contributed by atoms with Gasteiger partial charge in [0.1, 0.15) is 17.2 Å². The van der Waals surface area contributed by atoms with E-state index in [4.69, 9.17) is 28.1 Å². The molecule has 1 heterocycles. The molecule has 0 saturated carbocycles. The fraction of sp³-hybridized carbons (Fsp3) is 0.657. The maximum atomic E-state index is 6.49. The molecule has 3 unspecified atom stereocenters. The van der Waals surface area contributed by atoms with Gasteiger partial charge in [0, 0.05) is 32.8 Å². The zero-order valence-corrected chi connectivity index (χ0v) is 28.7. The van der Waals surface area contributed by atoms with Gasteiger partial charge in [-0.05, 0) is 67.2 Å². The van der Waals surface area contributed by atoms with E-state index in [9.17, 15) is 0 Å². The van der Waals surface area contributed by atoms with Gasteiger partial charge in [-0.1, -0.05) is 77.5 Å². The van der Waals surface area contributed by atoms with Crippen LogP contribution in [0.4, 0.5) is 0 Å². The number of ether oxygens (including phenoxy) is 5. The molecule has 3 rings (SSSR count). The van der Waals surface area contributed by atoms with Crippen molar-refractivity contribution in [3.8, 4) is 17.2 Å². The summed E-state index contributed by atoms with van der Waals surface area (Å²) in [5.74, 6) is 2.66. The van der Waals surface area contributed by atoms with E-state index in [1.165, 1.54) is 49.7 Å². The van der Waals surface area contributed by atoms with Crippen LogP contribution in [0.5, 0.6) is 17.2 Å².